The molecule has 0 aromatic carbocycles. The van der Waals surface area contributed by atoms with E-state index in [1.807, 2.05) is 0 Å². The Morgan fingerprint density at radius 1 is 1.27 bits per heavy atom. The summed E-state index contributed by atoms with van der Waals surface area (Å²) in [6, 6.07) is 0. The molecule has 0 atom stereocenters. The fourth-order valence-electron chi connectivity index (χ4n) is 0.869. The van der Waals surface area contributed by atoms with E-state index in [0.29, 0.717) is 11.0 Å². The van der Waals surface area contributed by atoms with Gasteiger partial charge in [-0.2, -0.15) is 5.10 Å². The highest BCUT2D eigenvalue weighted by Gasteiger charge is 1.99. The van der Waals surface area contributed by atoms with Crippen LogP contribution >= 0.6 is 0 Å². The van der Waals surface area contributed by atoms with Gasteiger partial charge in [0.05, 0.1) is 6.20 Å². The summed E-state index contributed by atoms with van der Waals surface area (Å²) >= 11 is 0. The van der Waals surface area contributed by atoms with Crippen LogP contribution in [0.15, 0.2) is 15.8 Å². The largest absolute Gasteiger partial charge is 0.327 e. The third kappa shape index (κ3) is 0.759. The molecule has 6 heteroatoms. The van der Waals surface area contributed by atoms with E-state index in [1.165, 1.54) is 6.20 Å². The van der Waals surface area contributed by atoms with Crippen LogP contribution in [0.5, 0.6) is 0 Å². The van der Waals surface area contributed by atoms with Crippen LogP contribution in [0.4, 0.5) is 0 Å². The molecule has 0 spiro atoms. The number of aromatic amines is 3. The van der Waals surface area contributed by atoms with Crippen molar-refractivity contribution in [1.82, 2.24) is 20.2 Å². The van der Waals surface area contributed by atoms with Crippen LogP contribution in [0.25, 0.3) is 11.0 Å². The molecule has 0 amide bonds. The summed E-state index contributed by atoms with van der Waals surface area (Å²) in [6.45, 7) is 0. The molecule has 56 valence electrons. The van der Waals surface area contributed by atoms with Crippen molar-refractivity contribution in [2.75, 3.05) is 0 Å². The molecule has 0 saturated carbocycles. The van der Waals surface area contributed by atoms with Gasteiger partial charge in [-0.15, -0.1) is 0 Å². The minimum atomic E-state index is -0.535. The number of H-pyrrole nitrogens is 3. The van der Waals surface area contributed by atoms with Crippen LogP contribution in [0, 0.1) is 0 Å². The summed E-state index contributed by atoms with van der Waals surface area (Å²) in [4.78, 5) is 26.0. The summed E-state index contributed by atoms with van der Waals surface area (Å²) in [7, 11) is 0. The second kappa shape index (κ2) is 1.82. The molecule has 2 aromatic heterocycles. The summed E-state index contributed by atoms with van der Waals surface area (Å²) in [5.74, 6) is 0. The minimum absolute atomic E-state index is 0.346. The van der Waals surface area contributed by atoms with Crippen molar-refractivity contribution in [3.63, 3.8) is 0 Å². The molecule has 0 fully saturated rings. The third-order valence-corrected chi connectivity index (χ3v) is 1.35. The normalized spacial score (nSPS) is 10.5. The van der Waals surface area contributed by atoms with E-state index in [4.69, 9.17) is 0 Å². The maximum absolute atomic E-state index is 10.9. The molecule has 2 heterocycles. The molecule has 0 saturated heterocycles. The Hall–Kier alpha value is -1.85. The van der Waals surface area contributed by atoms with E-state index in [9.17, 15) is 9.59 Å². The lowest BCUT2D eigenvalue weighted by Gasteiger charge is -1.83. The molecule has 0 bridgehead atoms. The Balaban J connectivity index is 3.15. The Bertz CT molecular complexity index is 491. The van der Waals surface area contributed by atoms with Gasteiger partial charge in [-0.3, -0.25) is 19.9 Å². The van der Waals surface area contributed by atoms with Gasteiger partial charge >= 0.3 is 5.69 Å². The fraction of sp³-hybridized carbons (Fsp3) is 0. The average Bonchev–Trinajstić information content (AvgIpc) is 2.34. The lowest BCUT2D eigenvalue weighted by Crippen LogP contribution is -2.21. The predicted molar refractivity (Wildman–Crippen MR) is 37.3 cm³/mol. The first-order valence-corrected chi connectivity index (χ1v) is 2.93. The minimum Gasteiger partial charge on any atom is -0.292 e. The van der Waals surface area contributed by atoms with Crippen molar-refractivity contribution in [3.05, 3.63) is 27.0 Å². The Morgan fingerprint density at radius 3 is 2.91 bits per heavy atom. The van der Waals surface area contributed by atoms with E-state index in [0.717, 1.165) is 0 Å². The number of hydrogen-bond donors (Lipinski definition) is 3. The van der Waals surface area contributed by atoms with Crippen LogP contribution in [0.3, 0.4) is 0 Å². The summed E-state index contributed by atoms with van der Waals surface area (Å²) in [5, 5.41) is 6.42. The van der Waals surface area contributed by atoms with Gasteiger partial charge in [0.2, 0.25) is 0 Å². The van der Waals surface area contributed by atoms with Crippen molar-refractivity contribution in [3.8, 4) is 0 Å². The Kier molecular flexibility index (Phi) is 0.974. The predicted octanol–water partition coefficient (Wildman–Crippen LogP) is -1.06. The molecule has 2 rings (SSSR count). The van der Waals surface area contributed by atoms with Gasteiger partial charge in [-0.25, -0.2) is 4.79 Å². The lowest BCUT2D eigenvalue weighted by molar-refractivity contribution is 1.04. The molecule has 3 N–H and O–H groups in total. The summed E-state index contributed by atoms with van der Waals surface area (Å²) < 4.78 is 0. The SMILES string of the molecule is O=c1[nH][13c](=O)[nH]c2[15nH][15n]cc12. The molecule has 0 radical (unpaired) electrons. The van der Waals surface area contributed by atoms with Crippen LogP contribution < -0.4 is 11.2 Å². The summed E-state index contributed by atoms with van der Waals surface area (Å²) in [6.07, 6.45) is 1.35. The topological polar surface area (TPSA) is 94.4 Å². The zero-order valence-electron chi connectivity index (χ0n) is 5.34. The number of aromatic nitrogens is 4. The van der Waals surface area contributed by atoms with E-state index in [1.54, 1.807) is 0 Å². The highest BCUT2D eigenvalue weighted by atomic mass is 16.2. The van der Waals surface area contributed by atoms with Crippen molar-refractivity contribution in [1.29, 1.82) is 0 Å². The lowest BCUT2D eigenvalue weighted by atomic mass is 10.5. The molecule has 0 aliphatic heterocycles. The van der Waals surface area contributed by atoms with Crippen LogP contribution in [-0.2, 0) is 0 Å². The first kappa shape index (κ1) is 5.90. The highest BCUT2D eigenvalue weighted by Crippen LogP contribution is 1.94. The molecular formula is C5H4N4O2. The second-order valence-electron chi connectivity index (χ2n) is 2.07. The number of hydrogen-bond acceptors (Lipinski definition) is 3. The van der Waals surface area contributed by atoms with Crippen LogP contribution in [-0.4, -0.2) is 20.2 Å². The number of rotatable bonds is 0. The average molecular weight is 155 g/mol. The molecule has 11 heavy (non-hydrogen) atoms. The van der Waals surface area contributed by atoms with Crippen LogP contribution in [0.1, 0.15) is 0 Å². The molecule has 0 unspecified atom stereocenters. The maximum atomic E-state index is 10.9. The molecule has 0 aliphatic carbocycles. The quantitative estimate of drug-likeness (QED) is 0.452. The van der Waals surface area contributed by atoms with E-state index >= 15 is 0 Å². The maximum Gasteiger partial charge on any atom is 0.327 e. The smallest absolute Gasteiger partial charge is 0.292 e. The number of fused-ring (bicyclic) bond motifs is 1. The van der Waals surface area contributed by atoms with Gasteiger partial charge in [0, 0.05) is 0 Å². The Morgan fingerprint density at radius 2 is 2.09 bits per heavy atom. The monoisotopic (exact) mass is 155 g/mol. The van der Waals surface area contributed by atoms with Gasteiger partial charge < -0.3 is 0 Å². The van der Waals surface area contributed by atoms with Crippen molar-refractivity contribution in [2.24, 2.45) is 0 Å². The van der Waals surface area contributed by atoms with Gasteiger partial charge in [0.1, 0.15) is 11.0 Å². The Labute approximate surface area is 59.3 Å². The first-order chi connectivity index (χ1) is 5.27. The van der Waals surface area contributed by atoms with Gasteiger partial charge in [-0.1, -0.05) is 0 Å². The van der Waals surface area contributed by atoms with Crippen molar-refractivity contribution in [2.45, 2.75) is 0 Å². The van der Waals surface area contributed by atoms with E-state index in [2.05, 4.69) is 20.2 Å². The van der Waals surface area contributed by atoms with Gasteiger partial charge in [0.25, 0.3) is 5.56 Å². The van der Waals surface area contributed by atoms with E-state index in [-0.39, 0.29) is 0 Å². The molecule has 6 nitrogen and oxygen atoms in total. The zero-order chi connectivity index (χ0) is 7.84. The highest BCUT2D eigenvalue weighted by molar-refractivity contribution is 5.71. The summed E-state index contributed by atoms with van der Waals surface area (Å²) in [5.41, 5.74) is -0.622. The van der Waals surface area contributed by atoms with Crippen LogP contribution in [0.2, 0.25) is 0 Å². The van der Waals surface area contributed by atoms with Crippen molar-refractivity contribution >= 4 is 11.0 Å². The van der Waals surface area contributed by atoms with Gasteiger partial charge in [-0.05, 0) is 0 Å². The van der Waals surface area contributed by atoms with E-state index < -0.39 is 11.2 Å². The second-order valence-corrected chi connectivity index (χ2v) is 2.07. The fourth-order valence-corrected chi connectivity index (χ4v) is 0.869. The first-order valence-electron chi connectivity index (χ1n) is 2.93. The molecular weight excluding hydrogens is 151 g/mol. The van der Waals surface area contributed by atoms with Gasteiger partial charge in [0.15, 0.2) is 0 Å². The zero-order valence-corrected chi connectivity index (χ0v) is 5.34. The number of nitrogens with one attached hydrogen (secondary N) is 3. The molecule has 2 aromatic rings. The molecule has 0 aliphatic rings. The van der Waals surface area contributed by atoms with Crippen molar-refractivity contribution < 1.29 is 0 Å². The standard InChI is InChI=1S/C5H4N4O2/c10-4-2-1-6-9-3(2)7-5(11)8-4/h1H,(H3,6,7,8,9,10,11)/i5+1,6+1,9+1. The third-order valence-electron chi connectivity index (χ3n) is 1.35. The number of nitrogens with zero attached hydrogens (tertiary/aromatic N) is 1.